The quantitative estimate of drug-likeness (QED) is 0.414. The topological polar surface area (TPSA) is 95.1 Å². The van der Waals surface area contributed by atoms with Gasteiger partial charge in [0.1, 0.15) is 6.61 Å². The molecule has 8 heteroatoms. The van der Waals surface area contributed by atoms with Crippen LogP contribution in [0.3, 0.4) is 0 Å². The van der Waals surface area contributed by atoms with Crippen LogP contribution in [0.15, 0.2) is 0 Å². The third-order valence-corrected chi connectivity index (χ3v) is 2.48. The van der Waals surface area contributed by atoms with Crippen molar-refractivity contribution in [1.29, 1.82) is 0 Å². The molecule has 0 saturated heterocycles. The molecule has 0 atom stereocenters. The number of amides is 2. The summed E-state index contributed by atoms with van der Waals surface area (Å²) in [6, 6.07) is 0. The molecule has 0 aliphatic carbocycles. The van der Waals surface area contributed by atoms with Crippen LogP contribution in [-0.2, 0) is 28.5 Å². The summed E-state index contributed by atoms with van der Waals surface area (Å²) in [6.07, 6.45) is 0.485. The Morgan fingerprint density at radius 1 is 0.750 bits per heavy atom. The SMILES string of the molecule is CC.CCC(=O)NCCOCCOCCOCCNC(=O)COC. The Morgan fingerprint density at radius 2 is 1.17 bits per heavy atom. The molecule has 0 spiro atoms. The molecule has 0 aliphatic rings. The zero-order chi connectivity index (χ0) is 18.5. The van der Waals surface area contributed by atoms with Gasteiger partial charge in [0.2, 0.25) is 11.8 Å². The smallest absolute Gasteiger partial charge is 0.246 e. The van der Waals surface area contributed by atoms with Crippen molar-refractivity contribution in [2.45, 2.75) is 27.2 Å². The number of nitrogens with one attached hydrogen (secondary N) is 2. The second-order valence-corrected chi connectivity index (χ2v) is 4.32. The minimum atomic E-state index is -0.158. The summed E-state index contributed by atoms with van der Waals surface area (Å²) in [7, 11) is 1.47. The Morgan fingerprint density at radius 3 is 1.58 bits per heavy atom. The molecule has 0 heterocycles. The summed E-state index contributed by atoms with van der Waals surface area (Å²) in [5, 5.41) is 5.36. The molecule has 0 aromatic heterocycles. The van der Waals surface area contributed by atoms with Crippen molar-refractivity contribution in [2.24, 2.45) is 0 Å². The standard InChI is InChI=1S/C14H28N2O6.C2H6/c1-3-13(17)15-4-6-20-8-10-22-11-9-21-7-5-16-14(18)12-19-2;1-2/h3-12H2,1-2H3,(H,15,17)(H,16,18);1-2H3. The summed E-state index contributed by atoms with van der Waals surface area (Å²) in [6.45, 7) is 9.66. The zero-order valence-electron chi connectivity index (χ0n) is 15.5. The second kappa shape index (κ2) is 21.8. The van der Waals surface area contributed by atoms with Gasteiger partial charge < -0.3 is 29.6 Å². The molecule has 0 aromatic carbocycles. The van der Waals surface area contributed by atoms with Crippen LogP contribution in [0.5, 0.6) is 0 Å². The van der Waals surface area contributed by atoms with Gasteiger partial charge in [-0.1, -0.05) is 20.8 Å². The predicted octanol–water partition coefficient (Wildman–Crippen LogP) is 0.351. The average molecular weight is 350 g/mol. The summed E-state index contributed by atoms with van der Waals surface area (Å²) in [5.74, 6) is -0.134. The van der Waals surface area contributed by atoms with Crippen molar-refractivity contribution >= 4 is 11.8 Å². The lowest BCUT2D eigenvalue weighted by atomic mass is 10.4. The molecule has 0 aromatic rings. The molecule has 144 valence electrons. The number of ether oxygens (including phenoxy) is 4. The molecule has 0 fully saturated rings. The fourth-order valence-electron chi connectivity index (χ4n) is 1.37. The maximum Gasteiger partial charge on any atom is 0.246 e. The van der Waals surface area contributed by atoms with Gasteiger partial charge in [0.15, 0.2) is 0 Å². The number of rotatable bonds is 15. The van der Waals surface area contributed by atoms with Gasteiger partial charge in [0, 0.05) is 26.6 Å². The van der Waals surface area contributed by atoms with Gasteiger partial charge in [0.25, 0.3) is 0 Å². The summed E-state index contributed by atoms with van der Waals surface area (Å²) in [5.41, 5.74) is 0. The summed E-state index contributed by atoms with van der Waals surface area (Å²) in [4.78, 5) is 22.0. The molecule has 0 unspecified atom stereocenters. The molecular formula is C16H34N2O6. The van der Waals surface area contributed by atoms with Crippen molar-refractivity contribution in [2.75, 3.05) is 66.4 Å². The van der Waals surface area contributed by atoms with Gasteiger partial charge in [0.05, 0.1) is 39.6 Å². The largest absolute Gasteiger partial charge is 0.377 e. The van der Waals surface area contributed by atoms with Gasteiger partial charge in [-0.15, -0.1) is 0 Å². The van der Waals surface area contributed by atoms with Crippen molar-refractivity contribution < 1.29 is 28.5 Å². The van der Waals surface area contributed by atoms with Gasteiger partial charge >= 0.3 is 0 Å². The van der Waals surface area contributed by atoms with Gasteiger partial charge in [-0.3, -0.25) is 9.59 Å². The lowest BCUT2D eigenvalue weighted by Crippen LogP contribution is -2.30. The third kappa shape index (κ3) is 20.8. The lowest BCUT2D eigenvalue weighted by Gasteiger charge is -2.08. The van der Waals surface area contributed by atoms with Crippen LogP contribution < -0.4 is 10.6 Å². The minimum Gasteiger partial charge on any atom is -0.377 e. The van der Waals surface area contributed by atoms with Gasteiger partial charge in [-0.2, -0.15) is 0 Å². The Hall–Kier alpha value is -1.22. The highest BCUT2D eigenvalue weighted by Crippen LogP contribution is 1.82. The van der Waals surface area contributed by atoms with E-state index in [1.165, 1.54) is 7.11 Å². The van der Waals surface area contributed by atoms with Crippen molar-refractivity contribution in [3.63, 3.8) is 0 Å². The summed E-state index contributed by atoms with van der Waals surface area (Å²) < 4.78 is 20.5. The fourth-order valence-corrected chi connectivity index (χ4v) is 1.37. The maximum absolute atomic E-state index is 11.0. The molecule has 2 amide bonds. The molecule has 0 bridgehead atoms. The second-order valence-electron chi connectivity index (χ2n) is 4.32. The molecule has 0 rings (SSSR count). The highest BCUT2D eigenvalue weighted by molar-refractivity contribution is 5.77. The van der Waals surface area contributed by atoms with E-state index in [-0.39, 0.29) is 18.4 Å². The first-order valence-corrected chi connectivity index (χ1v) is 8.46. The molecule has 24 heavy (non-hydrogen) atoms. The van der Waals surface area contributed by atoms with Crippen LogP contribution in [0.2, 0.25) is 0 Å². The minimum absolute atomic E-state index is 0.0235. The first kappa shape index (κ1) is 25.0. The monoisotopic (exact) mass is 350 g/mol. The van der Waals surface area contributed by atoms with Crippen LogP contribution in [0.1, 0.15) is 27.2 Å². The zero-order valence-corrected chi connectivity index (χ0v) is 15.5. The average Bonchev–Trinajstić information content (AvgIpc) is 2.60. The number of hydrogen-bond acceptors (Lipinski definition) is 6. The van der Waals surface area contributed by atoms with Gasteiger partial charge in [-0.05, 0) is 0 Å². The van der Waals surface area contributed by atoms with Crippen molar-refractivity contribution in [1.82, 2.24) is 10.6 Å². The lowest BCUT2D eigenvalue weighted by molar-refractivity contribution is -0.125. The molecule has 0 radical (unpaired) electrons. The molecule has 0 saturated carbocycles. The van der Waals surface area contributed by atoms with E-state index in [1.54, 1.807) is 6.92 Å². The Balaban J connectivity index is 0. The Labute approximate surface area is 145 Å². The van der Waals surface area contributed by atoms with Crippen LogP contribution in [0.25, 0.3) is 0 Å². The van der Waals surface area contributed by atoms with E-state index in [9.17, 15) is 9.59 Å². The van der Waals surface area contributed by atoms with E-state index in [0.717, 1.165) is 0 Å². The molecule has 2 N–H and O–H groups in total. The predicted molar refractivity (Wildman–Crippen MR) is 92.0 cm³/mol. The number of methoxy groups -OCH3 is 1. The molecule has 0 aliphatic heterocycles. The molecular weight excluding hydrogens is 316 g/mol. The number of hydrogen-bond donors (Lipinski definition) is 2. The van der Waals surface area contributed by atoms with E-state index in [2.05, 4.69) is 15.4 Å². The highest BCUT2D eigenvalue weighted by atomic mass is 16.5. The highest BCUT2D eigenvalue weighted by Gasteiger charge is 1.98. The van der Waals surface area contributed by atoms with E-state index in [4.69, 9.17) is 14.2 Å². The Bertz CT molecular complexity index is 290. The van der Waals surface area contributed by atoms with Crippen molar-refractivity contribution in [3.05, 3.63) is 0 Å². The third-order valence-electron chi connectivity index (χ3n) is 2.48. The van der Waals surface area contributed by atoms with Crippen LogP contribution in [-0.4, -0.2) is 78.3 Å². The van der Waals surface area contributed by atoms with Crippen LogP contribution >= 0.6 is 0 Å². The number of carbonyl (C=O) groups excluding carboxylic acids is 2. The molecule has 8 nitrogen and oxygen atoms in total. The van der Waals surface area contributed by atoms with Crippen LogP contribution in [0.4, 0.5) is 0 Å². The van der Waals surface area contributed by atoms with E-state index < -0.39 is 0 Å². The fraction of sp³-hybridized carbons (Fsp3) is 0.875. The number of carbonyl (C=O) groups is 2. The summed E-state index contributed by atoms with van der Waals surface area (Å²) >= 11 is 0. The first-order valence-electron chi connectivity index (χ1n) is 8.46. The van der Waals surface area contributed by atoms with E-state index >= 15 is 0 Å². The van der Waals surface area contributed by atoms with Gasteiger partial charge in [-0.25, -0.2) is 0 Å². The van der Waals surface area contributed by atoms with Crippen molar-refractivity contribution in [3.8, 4) is 0 Å². The van der Waals surface area contributed by atoms with E-state index in [1.807, 2.05) is 13.8 Å². The van der Waals surface area contributed by atoms with E-state index in [0.29, 0.717) is 59.2 Å². The normalized spacial score (nSPS) is 9.83. The maximum atomic E-state index is 11.0. The first-order chi connectivity index (χ1) is 11.7. The Kier molecular flexibility index (Phi) is 22.7. The van der Waals surface area contributed by atoms with Crippen LogP contribution in [0, 0.1) is 0 Å².